The number of nitrogens with zero attached hydrogens (tertiary/aromatic N) is 1. The summed E-state index contributed by atoms with van der Waals surface area (Å²) in [6.45, 7) is 9.48. The van der Waals surface area contributed by atoms with Crippen molar-refractivity contribution in [3.05, 3.63) is 293 Å². The van der Waals surface area contributed by atoms with Crippen LogP contribution in [0.1, 0.15) is 72.2 Å². The maximum absolute atomic E-state index is 2.49. The summed E-state index contributed by atoms with van der Waals surface area (Å²) in [6, 6.07) is 93.6. The normalized spacial score (nSPS) is 14.7. The van der Waals surface area contributed by atoms with E-state index >= 15 is 0 Å². The van der Waals surface area contributed by atoms with Gasteiger partial charge in [0, 0.05) is 27.9 Å². The zero-order valence-electron chi connectivity index (χ0n) is 41.1. The highest BCUT2D eigenvalue weighted by molar-refractivity contribution is 6.05. The third kappa shape index (κ3) is 6.01. The fourth-order valence-electron chi connectivity index (χ4n) is 13.3. The molecule has 1 heteroatoms. The number of fused-ring (bicyclic) bond motifs is 10. The minimum atomic E-state index is -0.524. The third-order valence-corrected chi connectivity index (χ3v) is 16.8. The Balaban J connectivity index is 0.962. The smallest absolute Gasteiger partial charge is 0.0714 e. The average Bonchev–Trinajstić information content (AvgIpc) is 3.95. The van der Waals surface area contributed by atoms with Crippen LogP contribution in [-0.2, 0) is 16.2 Å². The monoisotopic (exact) mass is 919 g/mol. The summed E-state index contributed by atoms with van der Waals surface area (Å²) in [7, 11) is 0. The zero-order valence-corrected chi connectivity index (χ0v) is 41.1. The first-order valence-electron chi connectivity index (χ1n) is 25.5. The number of hydrogen-bond acceptors (Lipinski definition) is 1. The quantitative estimate of drug-likeness (QED) is 0.154. The fraction of sp³-hybridized carbons (Fsp3) is 0.0986. The fourth-order valence-corrected chi connectivity index (χ4v) is 13.3. The number of rotatable bonds is 7. The molecule has 0 saturated carbocycles. The highest BCUT2D eigenvalue weighted by Crippen LogP contribution is 2.58. The van der Waals surface area contributed by atoms with E-state index < -0.39 is 5.41 Å². The van der Waals surface area contributed by atoms with Crippen LogP contribution in [0.2, 0.25) is 0 Å². The van der Waals surface area contributed by atoms with Crippen molar-refractivity contribution in [3.8, 4) is 55.6 Å². The van der Waals surface area contributed by atoms with Gasteiger partial charge in [0.1, 0.15) is 0 Å². The number of benzene rings is 11. The Morgan fingerprint density at radius 1 is 0.278 bits per heavy atom. The molecule has 11 aromatic rings. The lowest BCUT2D eigenvalue weighted by atomic mass is 9.67. The molecule has 11 aromatic carbocycles. The molecule has 0 aromatic heterocycles. The molecule has 0 amide bonds. The molecule has 72 heavy (non-hydrogen) atoms. The molecule has 14 rings (SSSR count). The molecule has 0 bridgehead atoms. The second-order valence-corrected chi connectivity index (χ2v) is 21.2. The molecule has 1 nitrogen and oxygen atoms in total. The molecular weight excluding hydrogens is 867 g/mol. The van der Waals surface area contributed by atoms with Gasteiger partial charge in [0.25, 0.3) is 0 Å². The number of anilines is 3. The van der Waals surface area contributed by atoms with Gasteiger partial charge in [-0.3, -0.25) is 0 Å². The van der Waals surface area contributed by atoms with Crippen LogP contribution < -0.4 is 4.90 Å². The van der Waals surface area contributed by atoms with Crippen LogP contribution in [0.25, 0.3) is 66.4 Å². The maximum Gasteiger partial charge on any atom is 0.0714 e. The van der Waals surface area contributed by atoms with Crippen LogP contribution in [0.3, 0.4) is 0 Å². The standard InChI is InChI=1S/C71H53N/c1-69(2)63-29-17-14-27-58(63)61-43-48(34-42-64(61)69)68-54-24-12-11-19-46(54)33-39-55(68)47-31-35-51(36-32-47)72(52-37-40-59-56-25-13-16-28-62(56)70(3,4)66(59)44-52)53-38-41-60-57-26-15-18-30-65(57)71(67(60)45-53,49-20-7-5-8-21-49)50-22-9-6-10-23-50/h5-45H,1-4H3. The Morgan fingerprint density at radius 2 is 0.722 bits per heavy atom. The maximum atomic E-state index is 2.49. The van der Waals surface area contributed by atoms with Crippen LogP contribution in [0.4, 0.5) is 17.1 Å². The number of hydrogen-bond donors (Lipinski definition) is 0. The second kappa shape index (κ2) is 15.7. The van der Waals surface area contributed by atoms with Crippen molar-refractivity contribution in [3.63, 3.8) is 0 Å². The average molecular weight is 920 g/mol. The first-order valence-corrected chi connectivity index (χ1v) is 25.5. The van der Waals surface area contributed by atoms with Crippen molar-refractivity contribution in [1.29, 1.82) is 0 Å². The molecule has 0 saturated heterocycles. The first kappa shape index (κ1) is 42.4. The minimum Gasteiger partial charge on any atom is -0.310 e. The van der Waals surface area contributed by atoms with Crippen molar-refractivity contribution in [2.45, 2.75) is 43.9 Å². The van der Waals surface area contributed by atoms with Crippen LogP contribution in [-0.4, -0.2) is 0 Å². The molecule has 0 aliphatic heterocycles. The molecule has 0 fully saturated rings. The highest BCUT2D eigenvalue weighted by Gasteiger charge is 2.46. The van der Waals surface area contributed by atoms with E-state index in [1.807, 2.05) is 0 Å². The predicted octanol–water partition coefficient (Wildman–Crippen LogP) is 18.6. The Hall–Kier alpha value is -8.52. The lowest BCUT2D eigenvalue weighted by Crippen LogP contribution is -2.28. The lowest BCUT2D eigenvalue weighted by Gasteiger charge is -2.35. The Morgan fingerprint density at radius 3 is 1.38 bits per heavy atom. The van der Waals surface area contributed by atoms with Crippen molar-refractivity contribution in [2.75, 3.05) is 4.90 Å². The molecule has 0 spiro atoms. The van der Waals surface area contributed by atoms with Gasteiger partial charge in [-0.25, -0.2) is 0 Å². The molecule has 0 unspecified atom stereocenters. The van der Waals surface area contributed by atoms with Crippen LogP contribution >= 0.6 is 0 Å². The largest absolute Gasteiger partial charge is 0.310 e. The van der Waals surface area contributed by atoms with E-state index in [1.165, 1.54) is 111 Å². The summed E-state index contributed by atoms with van der Waals surface area (Å²) >= 11 is 0. The zero-order chi connectivity index (χ0) is 48.3. The van der Waals surface area contributed by atoms with Crippen molar-refractivity contribution in [1.82, 2.24) is 0 Å². The van der Waals surface area contributed by atoms with Gasteiger partial charge in [-0.05, 0) is 153 Å². The summed E-state index contributed by atoms with van der Waals surface area (Å²) in [5, 5.41) is 2.50. The molecule has 0 heterocycles. The van der Waals surface area contributed by atoms with Crippen molar-refractivity contribution >= 4 is 27.8 Å². The minimum absolute atomic E-state index is 0.0558. The van der Waals surface area contributed by atoms with Crippen LogP contribution in [0.5, 0.6) is 0 Å². The van der Waals surface area contributed by atoms with E-state index in [0.29, 0.717) is 0 Å². The van der Waals surface area contributed by atoms with Gasteiger partial charge in [-0.2, -0.15) is 0 Å². The van der Waals surface area contributed by atoms with Gasteiger partial charge in [-0.1, -0.05) is 234 Å². The van der Waals surface area contributed by atoms with Crippen molar-refractivity contribution < 1.29 is 0 Å². The summed E-state index contributed by atoms with van der Waals surface area (Å²) < 4.78 is 0. The van der Waals surface area contributed by atoms with E-state index in [0.717, 1.165) is 17.1 Å². The first-order chi connectivity index (χ1) is 35.2. The Kier molecular flexibility index (Phi) is 9.26. The van der Waals surface area contributed by atoms with Crippen molar-refractivity contribution in [2.24, 2.45) is 0 Å². The van der Waals surface area contributed by atoms with E-state index in [-0.39, 0.29) is 10.8 Å². The predicted molar refractivity (Wildman–Crippen MR) is 302 cm³/mol. The van der Waals surface area contributed by atoms with Crippen LogP contribution in [0.15, 0.2) is 249 Å². The second-order valence-electron chi connectivity index (χ2n) is 21.2. The van der Waals surface area contributed by atoms with Gasteiger partial charge in [-0.15, -0.1) is 0 Å². The molecule has 3 aliphatic carbocycles. The van der Waals surface area contributed by atoms with E-state index in [1.54, 1.807) is 0 Å². The van der Waals surface area contributed by atoms with Gasteiger partial charge < -0.3 is 4.90 Å². The van der Waals surface area contributed by atoms with Gasteiger partial charge in [0.15, 0.2) is 0 Å². The third-order valence-electron chi connectivity index (χ3n) is 16.8. The van der Waals surface area contributed by atoms with E-state index in [2.05, 4.69) is 281 Å². The molecular formula is C71H53N. The summed E-state index contributed by atoms with van der Waals surface area (Å²) in [5.41, 5.74) is 26.0. The molecule has 0 atom stereocenters. The molecule has 0 N–H and O–H groups in total. The lowest BCUT2D eigenvalue weighted by molar-refractivity contribution is 0.660. The van der Waals surface area contributed by atoms with Gasteiger partial charge in [0.05, 0.1) is 5.41 Å². The Bertz CT molecular complexity index is 3930. The summed E-state index contributed by atoms with van der Waals surface area (Å²) in [6.07, 6.45) is 0. The van der Waals surface area contributed by atoms with Crippen LogP contribution in [0, 0.1) is 0 Å². The van der Waals surface area contributed by atoms with E-state index in [9.17, 15) is 0 Å². The Labute approximate surface area is 423 Å². The van der Waals surface area contributed by atoms with Gasteiger partial charge in [0.2, 0.25) is 0 Å². The highest BCUT2D eigenvalue weighted by atomic mass is 15.1. The summed E-state index contributed by atoms with van der Waals surface area (Å²) in [5.74, 6) is 0. The summed E-state index contributed by atoms with van der Waals surface area (Å²) in [4.78, 5) is 2.49. The van der Waals surface area contributed by atoms with Gasteiger partial charge >= 0.3 is 0 Å². The topological polar surface area (TPSA) is 3.24 Å². The SMILES string of the molecule is CC1(C)c2ccccc2-c2cc(-c3c(-c4ccc(N(c5ccc6c(c5)C(C)(C)c5ccccc5-6)c5ccc6c(c5)C(c5ccccc5)(c5ccccc5)c5ccccc5-6)cc4)ccc4ccccc34)ccc21. The molecule has 3 aliphatic rings. The molecule has 342 valence electrons. The molecule has 0 radical (unpaired) electrons. The van der Waals surface area contributed by atoms with E-state index in [4.69, 9.17) is 0 Å².